The lowest BCUT2D eigenvalue weighted by Gasteiger charge is -2.30. The number of unbranched alkanes of at least 4 members (excludes halogenated alkanes) is 2. The van der Waals surface area contributed by atoms with Crippen LogP contribution in [0.5, 0.6) is 5.75 Å². The molecule has 0 bridgehead atoms. The van der Waals surface area contributed by atoms with Crippen molar-refractivity contribution in [2.75, 3.05) is 33.3 Å². The van der Waals surface area contributed by atoms with E-state index in [1.54, 1.807) is 7.11 Å². The molecule has 0 saturated carbocycles. The monoisotopic (exact) mass is 348 g/mol. The van der Waals surface area contributed by atoms with E-state index in [0.717, 1.165) is 23.8 Å². The van der Waals surface area contributed by atoms with Crippen molar-refractivity contribution in [2.24, 2.45) is 0 Å². The fourth-order valence-electron chi connectivity index (χ4n) is 3.33. The van der Waals surface area contributed by atoms with Gasteiger partial charge in [0.05, 0.1) is 7.11 Å². The van der Waals surface area contributed by atoms with E-state index >= 15 is 0 Å². The minimum atomic E-state index is 0.507. The van der Waals surface area contributed by atoms with Crippen molar-refractivity contribution in [1.82, 2.24) is 10.2 Å². The number of nitrogens with one attached hydrogen (secondary N) is 1. The maximum atomic E-state index is 5.48. The van der Waals surface area contributed by atoms with Crippen LogP contribution in [0.1, 0.15) is 63.0 Å². The third kappa shape index (κ3) is 5.18. The molecule has 1 aliphatic heterocycles. The Morgan fingerprint density at radius 3 is 2.50 bits per heavy atom. The second-order valence-electron chi connectivity index (χ2n) is 6.70. The van der Waals surface area contributed by atoms with Gasteiger partial charge in [0.15, 0.2) is 0 Å². The van der Waals surface area contributed by atoms with Crippen LogP contribution >= 0.6 is 12.2 Å². The van der Waals surface area contributed by atoms with Crippen molar-refractivity contribution in [1.29, 1.82) is 0 Å². The first-order chi connectivity index (χ1) is 11.7. The van der Waals surface area contributed by atoms with Gasteiger partial charge in [-0.25, -0.2) is 0 Å². The van der Waals surface area contributed by atoms with Gasteiger partial charge in [0.2, 0.25) is 0 Å². The highest BCUT2D eigenvalue weighted by Gasteiger charge is 2.24. The minimum absolute atomic E-state index is 0.507. The summed E-state index contributed by atoms with van der Waals surface area (Å²) in [4.78, 5) is 3.51. The average Bonchev–Trinajstić information content (AvgIpc) is 2.62. The Morgan fingerprint density at radius 1 is 1.17 bits per heavy atom. The van der Waals surface area contributed by atoms with E-state index in [9.17, 15) is 0 Å². The maximum Gasteiger partial charge on any atom is 0.119 e. The van der Waals surface area contributed by atoms with Crippen molar-refractivity contribution in [3.05, 3.63) is 29.3 Å². The fraction of sp³-hybridized carbons (Fsp3) is 0.650. The Hall–Kier alpha value is -1.13. The Bertz CT molecular complexity index is 524. The number of ether oxygens (including phenoxy) is 1. The molecule has 1 aromatic carbocycles. The van der Waals surface area contributed by atoms with Gasteiger partial charge in [-0.05, 0) is 62.7 Å². The Morgan fingerprint density at radius 2 is 1.88 bits per heavy atom. The van der Waals surface area contributed by atoms with Crippen molar-refractivity contribution >= 4 is 17.2 Å². The predicted molar refractivity (Wildman–Crippen MR) is 106 cm³/mol. The molecule has 1 unspecified atom stereocenters. The van der Waals surface area contributed by atoms with Crippen molar-refractivity contribution < 1.29 is 4.74 Å². The first-order valence-electron chi connectivity index (χ1n) is 9.38. The largest absolute Gasteiger partial charge is 0.497 e. The molecule has 0 radical (unpaired) electrons. The second kappa shape index (κ2) is 10.00. The van der Waals surface area contributed by atoms with Gasteiger partial charge in [-0.15, -0.1) is 0 Å². The molecule has 4 heteroatoms. The molecule has 0 fully saturated rings. The van der Waals surface area contributed by atoms with Gasteiger partial charge in [0, 0.05) is 18.0 Å². The molecule has 3 nitrogen and oxygen atoms in total. The molecule has 1 heterocycles. The highest BCUT2D eigenvalue weighted by atomic mass is 32.1. The van der Waals surface area contributed by atoms with Crippen LogP contribution in [0.4, 0.5) is 0 Å². The van der Waals surface area contributed by atoms with E-state index in [1.807, 2.05) is 6.07 Å². The molecule has 0 saturated heterocycles. The Balaban J connectivity index is 2.03. The number of methoxy groups -OCH3 is 1. The third-order valence-corrected chi connectivity index (χ3v) is 5.27. The SMILES string of the molecule is CCCCN(CCCC)CCC1CNC(=S)c2ccc(OC)cc21. The number of benzene rings is 1. The number of hydrogen-bond acceptors (Lipinski definition) is 3. The van der Waals surface area contributed by atoms with Crippen molar-refractivity contribution in [2.45, 2.75) is 51.9 Å². The zero-order chi connectivity index (χ0) is 17.4. The number of fused-ring (bicyclic) bond motifs is 1. The minimum Gasteiger partial charge on any atom is -0.497 e. The zero-order valence-corrected chi connectivity index (χ0v) is 16.3. The number of rotatable bonds is 10. The summed E-state index contributed by atoms with van der Waals surface area (Å²) in [7, 11) is 1.73. The Labute approximate surface area is 152 Å². The third-order valence-electron chi connectivity index (χ3n) is 4.90. The van der Waals surface area contributed by atoms with Gasteiger partial charge >= 0.3 is 0 Å². The molecule has 0 aromatic heterocycles. The summed E-state index contributed by atoms with van der Waals surface area (Å²) in [6.45, 7) is 9.09. The molecule has 0 amide bonds. The van der Waals surface area contributed by atoms with E-state index in [2.05, 4.69) is 36.2 Å². The molecule has 24 heavy (non-hydrogen) atoms. The molecule has 2 rings (SSSR count). The van der Waals surface area contributed by atoms with Gasteiger partial charge in [-0.3, -0.25) is 0 Å². The van der Waals surface area contributed by atoms with Gasteiger partial charge in [0.1, 0.15) is 10.7 Å². The zero-order valence-electron chi connectivity index (χ0n) is 15.4. The van der Waals surface area contributed by atoms with Gasteiger partial charge in [-0.2, -0.15) is 0 Å². The van der Waals surface area contributed by atoms with Crippen LogP contribution in [0.15, 0.2) is 18.2 Å². The van der Waals surface area contributed by atoms with E-state index < -0.39 is 0 Å². The van der Waals surface area contributed by atoms with Crippen molar-refractivity contribution in [3.8, 4) is 5.75 Å². The van der Waals surface area contributed by atoms with Crippen LogP contribution in [0.2, 0.25) is 0 Å². The lowest BCUT2D eigenvalue weighted by molar-refractivity contribution is 0.254. The molecular weight excluding hydrogens is 316 g/mol. The molecule has 134 valence electrons. The molecule has 1 N–H and O–H groups in total. The van der Waals surface area contributed by atoms with Crippen LogP contribution in [-0.4, -0.2) is 43.2 Å². The van der Waals surface area contributed by atoms with E-state index in [0.29, 0.717) is 5.92 Å². The highest BCUT2D eigenvalue weighted by molar-refractivity contribution is 7.80. The quantitative estimate of drug-likeness (QED) is 0.635. The Kier molecular flexibility index (Phi) is 8.00. The molecule has 1 aromatic rings. The smallest absolute Gasteiger partial charge is 0.119 e. The van der Waals surface area contributed by atoms with Gasteiger partial charge < -0.3 is 15.0 Å². The van der Waals surface area contributed by atoms with Gasteiger partial charge in [0.25, 0.3) is 0 Å². The van der Waals surface area contributed by atoms with E-state index in [1.165, 1.54) is 56.3 Å². The normalized spacial score (nSPS) is 16.8. The van der Waals surface area contributed by atoms with E-state index in [-0.39, 0.29) is 0 Å². The second-order valence-corrected chi connectivity index (χ2v) is 7.11. The molecule has 0 spiro atoms. The average molecular weight is 349 g/mol. The summed E-state index contributed by atoms with van der Waals surface area (Å²) < 4.78 is 5.42. The fourth-order valence-corrected chi connectivity index (χ4v) is 3.60. The van der Waals surface area contributed by atoms with Crippen LogP contribution in [0.25, 0.3) is 0 Å². The number of nitrogens with zero attached hydrogens (tertiary/aromatic N) is 1. The first kappa shape index (κ1) is 19.2. The molecule has 0 aliphatic carbocycles. The highest BCUT2D eigenvalue weighted by Crippen LogP contribution is 2.30. The summed E-state index contributed by atoms with van der Waals surface area (Å²) in [6.07, 6.45) is 6.29. The molecule has 1 atom stereocenters. The summed E-state index contributed by atoms with van der Waals surface area (Å²) in [5, 5.41) is 3.41. The molecule has 1 aliphatic rings. The summed E-state index contributed by atoms with van der Waals surface area (Å²) in [6, 6.07) is 6.28. The topological polar surface area (TPSA) is 24.5 Å². The number of hydrogen-bond donors (Lipinski definition) is 1. The van der Waals surface area contributed by atoms with Crippen LogP contribution < -0.4 is 10.1 Å². The lowest BCUT2D eigenvalue weighted by atomic mass is 9.88. The summed E-state index contributed by atoms with van der Waals surface area (Å²) >= 11 is 5.48. The molecular formula is C20H32N2OS. The van der Waals surface area contributed by atoms with E-state index in [4.69, 9.17) is 17.0 Å². The van der Waals surface area contributed by atoms with Crippen LogP contribution in [0.3, 0.4) is 0 Å². The summed E-state index contributed by atoms with van der Waals surface area (Å²) in [5.74, 6) is 1.44. The van der Waals surface area contributed by atoms with Crippen LogP contribution in [-0.2, 0) is 0 Å². The van der Waals surface area contributed by atoms with Gasteiger partial charge in [-0.1, -0.05) is 38.9 Å². The standard InChI is InChI=1S/C20H32N2OS/c1-4-6-11-22(12-7-5-2)13-10-16-15-21-20(24)18-9-8-17(23-3)14-19(16)18/h8-9,14,16H,4-7,10-13,15H2,1-3H3,(H,21,24). The van der Waals surface area contributed by atoms with Crippen LogP contribution in [0, 0.1) is 0 Å². The predicted octanol–water partition coefficient (Wildman–Crippen LogP) is 4.35. The van der Waals surface area contributed by atoms with Crippen molar-refractivity contribution in [3.63, 3.8) is 0 Å². The maximum absolute atomic E-state index is 5.48. The number of thiocarbonyl (C=S) groups is 1. The first-order valence-corrected chi connectivity index (χ1v) is 9.78. The lowest BCUT2D eigenvalue weighted by Crippen LogP contribution is -2.36. The summed E-state index contributed by atoms with van der Waals surface area (Å²) in [5.41, 5.74) is 2.53.